The van der Waals surface area contributed by atoms with Crippen LogP contribution in [0.4, 0.5) is 34.1 Å². The Morgan fingerprint density at radius 3 is 1.22 bits per heavy atom. The van der Waals surface area contributed by atoms with Crippen LogP contribution in [0.2, 0.25) is 0 Å². The van der Waals surface area contributed by atoms with Gasteiger partial charge in [0, 0.05) is 34.1 Å². The number of hydrogen-bond acceptors (Lipinski definition) is 2. The highest BCUT2D eigenvalue weighted by Crippen LogP contribution is 2.45. The maximum absolute atomic E-state index is 3.11. The minimum atomic E-state index is 1.10. The first kappa shape index (κ1) is 31.4. The zero-order valence-corrected chi connectivity index (χ0v) is 29.5. The van der Waals surface area contributed by atoms with Gasteiger partial charge < -0.3 is 9.80 Å². The largest absolute Gasteiger partial charge is 0.310 e. The number of rotatable bonds is 8. The lowest BCUT2D eigenvalue weighted by atomic mass is 9.92. The molecule has 1 aliphatic carbocycles. The van der Waals surface area contributed by atoms with Gasteiger partial charge in [0.15, 0.2) is 0 Å². The van der Waals surface area contributed by atoms with Crippen LogP contribution < -0.4 is 9.80 Å². The summed E-state index contributed by atoms with van der Waals surface area (Å²) < 4.78 is 0. The molecule has 0 aromatic heterocycles. The van der Waals surface area contributed by atoms with Gasteiger partial charge in [-0.25, -0.2) is 0 Å². The van der Waals surface area contributed by atoms with Crippen LogP contribution in [0.3, 0.4) is 0 Å². The summed E-state index contributed by atoms with van der Waals surface area (Å²) in [5.74, 6) is 0. The predicted molar refractivity (Wildman–Crippen MR) is 229 cm³/mol. The smallest absolute Gasteiger partial charge is 0.0473 e. The summed E-state index contributed by atoms with van der Waals surface area (Å²) in [5, 5.41) is 7.45. The Labute approximate surface area is 315 Å². The first-order valence-corrected chi connectivity index (χ1v) is 18.3. The molecule has 0 unspecified atom stereocenters. The zero-order chi connectivity index (χ0) is 35.8. The van der Waals surface area contributed by atoms with Crippen molar-refractivity contribution >= 4 is 72.0 Å². The van der Waals surface area contributed by atoms with Crippen LogP contribution >= 0.6 is 0 Å². The summed E-state index contributed by atoms with van der Waals surface area (Å²) >= 11 is 0. The summed E-state index contributed by atoms with van der Waals surface area (Å²) in [6.45, 7) is 0. The maximum Gasteiger partial charge on any atom is 0.0473 e. The van der Waals surface area contributed by atoms with E-state index < -0.39 is 0 Å². The van der Waals surface area contributed by atoms with Crippen molar-refractivity contribution in [2.45, 2.75) is 0 Å². The highest BCUT2D eigenvalue weighted by Gasteiger charge is 2.19. The Morgan fingerprint density at radius 2 is 0.741 bits per heavy atom. The normalized spacial score (nSPS) is 12.1. The Kier molecular flexibility index (Phi) is 7.75. The number of hydrogen-bond donors (Lipinski definition) is 0. The Bertz CT molecular complexity index is 2880. The lowest BCUT2D eigenvalue weighted by Crippen LogP contribution is -2.10. The molecular weight excluding hydrogens is 653 g/mol. The van der Waals surface area contributed by atoms with E-state index in [1.807, 2.05) is 12.2 Å². The molecule has 0 amide bonds. The number of nitrogens with zero attached hydrogens (tertiary/aromatic N) is 2. The van der Waals surface area contributed by atoms with Crippen LogP contribution in [0.1, 0.15) is 5.56 Å². The standard InChI is InChI=1S/C52H34N2/c1-5-15-37(16-6-1)39-19-13-25-47(31-39)53(45-21-9-3-10-22-45)49-33-41-27-29-43-35-50(36-44-30-28-42(34-49)51(41)52(43)44)54(46-23-11-4-12-24-46)48-26-14-20-40(32-48)38-17-7-2-8-18-38/h1,3-7,9-36H. The third kappa shape index (κ3) is 5.66. The van der Waals surface area contributed by atoms with Crippen LogP contribution in [0.25, 0.3) is 49.0 Å². The summed E-state index contributed by atoms with van der Waals surface area (Å²) in [4.78, 5) is 4.73. The molecule has 10 rings (SSSR count). The Morgan fingerprint density at radius 1 is 0.315 bits per heavy atom. The Hall–Kier alpha value is -7.34. The third-order valence-electron chi connectivity index (χ3n) is 10.4. The van der Waals surface area contributed by atoms with Crippen LogP contribution in [0.5, 0.6) is 0 Å². The summed E-state index contributed by atoms with van der Waals surface area (Å²) in [6, 6.07) is 68.0. The molecule has 0 saturated heterocycles. The maximum atomic E-state index is 3.11. The van der Waals surface area contributed by atoms with Crippen LogP contribution in [0.15, 0.2) is 218 Å². The van der Waals surface area contributed by atoms with Crippen molar-refractivity contribution in [1.82, 2.24) is 0 Å². The van der Waals surface area contributed by atoms with Gasteiger partial charge in [-0.2, -0.15) is 0 Å². The molecule has 0 spiro atoms. The van der Waals surface area contributed by atoms with Gasteiger partial charge in [0.05, 0.1) is 0 Å². The van der Waals surface area contributed by atoms with E-state index >= 15 is 0 Å². The average molecular weight is 687 g/mol. The molecule has 0 N–H and O–H groups in total. The molecule has 54 heavy (non-hydrogen) atoms. The van der Waals surface area contributed by atoms with Crippen LogP contribution in [-0.4, -0.2) is 0 Å². The highest BCUT2D eigenvalue weighted by atomic mass is 15.1. The molecule has 252 valence electrons. The molecule has 0 radical (unpaired) electrons. The number of allylic oxidation sites excluding steroid dienone is 4. The quantitative estimate of drug-likeness (QED) is 0.116. The monoisotopic (exact) mass is 686 g/mol. The predicted octanol–water partition coefficient (Wildman–Crippen LogP) is 14.5. The van der Waals surface area contributed by atoms with E-state index in [0.29, 0.717) is 0 Å². The number of benzene rings is 9. The second-order valence-corrected chi connectivity index (χ2v) is 13.7. The minimum absolute atomic E-state index is 1.10. The lowest BCUT2D eigenvalue weighted by Gasteiger charge is -2.28. The van der Waals surface area contributed by atoms with Crippen molar-refractivity contribution in [3.05, 3.63) is 223 Å². The van der Waals surface area contributed by atoms with Crippen molar-refractivity contribution in [1.29, 1.82) is 0 Å². The molecule has 2 heteroatoms. The fourth-order valence-electron chi connectivity index (χ4n) is 7.92. The van der Waals surface area contributed by atoms with Gasteiger partial charge in [-0.1, -0.05) is 127 Å². The molecule has 1 aliphatic rings. The molecule has 9 aromatic carbocycles. The summed E-state index contributed by atoms with van der Waals surface area (Å²) in [7, 11) is 0. The van der Waals surface area contributed by atoms with Crippen LogP contribution in [-0.2, 0) is 0 Å². The van der Waals surface area contributed by atoms with Crippen molar-refractivity contribution in [3.63, 3.8) is 0 Å². The zero-order valence-electron chi connectivity index (χ0n) is 29.5. The van der Waals surface area contributed by atoms with Crippen molar-refractivity contribution in [2.24, 2.45) is 0 Å². The highest BCUT2D eigenvalue weighted by molar-refractivity contribution is 6.24. The minimum Gasteiger partial charge on any atom is -0.310 e. The van der Waals surface area contributed by atoms with E-state index in [-0.39, 0.29) is 0 Å². The van der Waals surface area contributed by atoms with Gasteiger partial charge in [-0.05, 0) is 146 Å². The number of anilines is 6. The van der Waals surface area contributed by atoms with Gasteiger partial charge in [-0.15, -0.1) is 0 Å². The second-order valence-electron chi connectivity index (χ2n) is 13.7. The fourth-order valence-corrected chi connectivity index (χ4v) is 7.92. The average Bonchev–Trinajstić information content (AvgIpc) is 3.24. The van der Waals surface area contributed by atoms with E-state index in [0.717, 1.165) is 45.3 Å². The van der Waals surface area contributed by atoms with E-state index in [1.54, 1.807) is 0 Å². The van der Waals surface area contributed by atoms with E-state index in [4.69, 9.17) is 0 Å². The molecule has 0 fully saturated rings. The van der Waals surface area contributed by atoms with Gasteiger partial charge in [0.1, 0.15) is 0 Å². The van der Waals surface area contributed by atoms with Crippen molar-refractivity contribution in [2.75, 3.05) is 9.80 Å². The molecule has 0 aliphatic heterocycles. The fraction of sp³-hybridized carbons (Fsp3) is 0. The van der Waals surface area contributed by atoms with Gasteiger partial charge in [0.2, 0.25) is 0 Å². The van der Waals surface area contributed by atoms with E-state index in [1.165, 1.54) is 43.4 Å². The molecule has 0 saturated carbocycles. The second kappa shape index (κ2) is 13.3. The van der Waals surface area contributed by atoms with E-state index in [9.17, 15) is 0 Å². The molecule has 0 atom stereocenters. The van der Waals surface area contributed by atoms with Gasteiger partial charge in [-0.3, -0.25) is 0 Å². The lowest BCUT2D eigenvalue weighted by molar-refractivity contribution is 1.29. The molecule has 0 bridgehead atoms. The third-order valence-corrected chi connectivity index (χ3v) is 10.4. The topological polar surface area (TPSA) is 6.48 Å². The summed E-state index contributed by atoms with van der Waals surface area (Å²) in [6.07, 6.45) is 6.00. The van der Waals surface area contributed by atoms with Crippen LogP contribution in [0, 0.1) is 0 Å². The molecule has 9 aromatic rings. The summed E-state index contributed by atoms with van der Waals surface area (Å²) in [5.41, 5.74) is 17.5. The first-order chi connectivity index (χ1) is 26.8. The first-order valence-electron chi connectivity index (χ1n) is 18.3. The SMILES string of the molecule is C1=C=CC(c2cccc(N(c3ccccc3)c3cc4ccc5cc(N(c6ccccc6)c6cccc(-c7ccccc7)c6)cc6ccc(c3)c4c56)c2)=CC=1. The molecule has 0 heterocycles. The number of para-hydroxylation sites is 2. The Balaban J connectivity index is 1.11. The van der Waals surface area contributed by atoms with Gasteiger partial charge in [0.25, 0.3) is 0 Å². The molecular formula is C52H34N2. The van der Waals surface area contributed by atoms with Crippen molar-refractivity contribution in [3.8, 4) is 11.1 Å². The van der Waals surface area contributed by atoms with Gasteiger partial charge >= 0.3 is 0 Å². The van der Waals surface area contributed by atoms with E-state index in [2.05, 4.69) is 215 Å². The molecule has 2 nitrogen and oxygen atoms in total. The van der Waals surface area contributed by atoms with Crippen molar-refractivity contribution < 1.29 is 0 Å².